The second-order valence-electron chi connectivity index (χ2n) is 3.96. The summed E-state index contributed by atoms with van der Waals surface area (Å²) in [5.74, 6) is 1.23. The first-order valence-corrected chi connectivity index (χ1v) is 6.38. The highest BCUT2D eigenvalue weighted by molar-refractivity contribution is 6.29. The summed E-state index contributed by atoms with van der Waals surface area (Å²) in [7, 11) is 1.88. The van der Waals surface area contributed by atoms with Crippen LogP contribution in [0.5, 0.6) is 0 Å². The number of nitrogens with one attached hydrogen (secondary N) is 1. The molecule has 102 valence electrons. The first-order valence-electron chi connectivity index (χ1n) is 6.01. The third kappa shape index (κ3) is 4.18. The Morgan fingerprint density at radius 3 is 2.95 bits per heavy atom. The molecule has 0 bridgehead atoms. The molecule has 6 nitrogen and oxygen atoms in total. The lowest BCUT2D eigenvalue weighted by Gasteiger charge is -2.06. The number of hydrogen-bond donors (Lipinski definition) is 1. The summed E-state index contributed by atoms with van der Waals surface area (Å²) in [6, 6.07) is 3.62. The fourth-order valence-electron chi connectivity index (χ4n) is 1.55. The Bertz CT molecular complexity index is 543. The Hall–Kier alpha value is -1.66. The zero-order valence-electron chi connectivity index (χ0n) is 10.9. The average Bonchev–Trinajstić information content (AvgIpc) is 2.79. The van der Waals surface area contributed by atoms with Crippen molar-refractivity contribution in [2.24, 2.45) is 7.05 Å². The molecule has 0 amide bonds. The lowest BCUT2D eigenvalue weighted by Crippen LogP contribution is -2.06. The van der Waals surface area contributed by atoms with E-state index in [-0.39, 0.29) is 0 Å². The fourth-order valence-corrected chi connectivity index (χ4v) is 1.75. The molecule has 0 aliphatic carbocycles. The predicted molar refractivity (Wildman–Crippen MR) is 72.9 cm³/mol. The van der Waals surface area contributed by atoms with Crippen molar-refractivity contribution < 1.29 is 4.74 Å². The highest BCUT2D eigenvalue weighted by atomic mass is 35.5. The molecular formula is C12H16ClN5O. The molecule has 2 rings (SSSR count). The van der Waals surface area contributed by atoms with Crippen LogP contribution in [0.25, 0.3) is 0 Å². The smallest absolute Gasteiger partial charge is 0.158 e. The van der Waals surface area contributed by atoms with E-state index in [9.17, 15) is 0 Å². The van der Waals surface area contributed by atoms with E-state index in [0.29, 0.717) is 36.6 Å². The topological polar surface area (TPSA) is 64.9 Å². The van der Waals surface area contributed by atoms with Crippen LogP contribution in [-0.2, 0) is 24.9 Å². The summed E-state index contributed by atoms with van der Waals surface area (Å²) < 4.78 is 7.02. The van der Waals surface area contributed by atoms with Gasteiger partial charge < -0.3 is 10.1 Å². The van der Waals surface area contributed by atoms with Gasteiger partial charge in [0, 0.05) is 25.9 Å². The quantitative estimate of drug-likeness (QED) is 0.821. The van der Waals surface area contributed by atoms with Crippen LogP contribution >= 0.6 is 11.6 Å². The molecule has 0 radical (unpaired) electrons. The predicted octanol–water partition coefficient (Wildman–Crippen LogP) is 2.01. The number of aromatic nitrogens is 4. The van der Waals surface area contributed by atoms with Gasteiger partial charge in [-0.3, -0.25) is 4.68 Å². The number of nitrogens with zero attached hydrogens (tertiary/aromatic N) is 4. The van der Waals surface area contributed by atoms with Gasteiger partial charge in [0.15, 0.2) is 5.82 Å². The van der Waals surface area contributed by atoms with Gasteiger partial charge in [-0.15, -0.1) is 0 Å². The second-order valence-corrected chi connectivity index (χ2v) is 4.35. The van der Waals surface area contributed by atoms with Crippen molar-refractivity contribution in [2.45, 2.75) is 20.1 Å². The van der Waals surface area contributed by atoms with Gasteiger partial charge in [0.1, 0.15) is 17.6 Å². The average molecular weight is 282 g/mol. The summed E-state index contributed by atoms with van der Waals surface area (Å²) in [5, 5.41) is 7.83. The zero-order valence-corrected chi connectivity index (χ0v) is 11.7. The Balaban J connectivity index is 2.01. The fraction of sp³-hybridized carbons (Fsp3) is 0.417. The van der Waals surface area contributed by atoms with E-state index < -0.39 is 0 Å². The van der Waals surface area contributed by atoms with Crippen molar-refractivity contribution in [2.75, 3.05) is 11.9 Å². The maximum Gasteiger partial charge on any atom is 0.158 e. The number of anilines is 1. The van der Waals surface area contributed by atoms with Crippen LogP contribution in [0.2, 0.25) is 5.15 Å². The molecule has 0 aromatic carbocycles. The number of rotatable bonds is 6. The van der Waals surface area contributed by atoms with E-state index >= 15 is 0 Å². The zero-order chi connectivity index (χ0) is 13.7. The van der Waals surface area contributed by atoms with Gasteiger partial charge in [-0.05, 0) is 13.0 Å². The van der Waals surface area contributed by atoms with E-state index in [1.807, 2.05) is 26.2 Å². The van der Waals surface area contributed by atoms with E-state index in [4.69, 9.17) is 16.3 Å². The maximum atomic E-state index is 5.95. The number of ether oxygens (including phenoxy) is 1. The summed E-state index contributed by atoms with van der Waals surface area (Å²) in [4.78, 5) is 8.43. The molecule has 2 aromatic rings. The second kappa shape index (κ2) is 6.49. The number of halogens is 1. The number of hydrogen-bond acceptors (Lipinski definition) is 5. The van der Waals surface area contributed by atoms with Crippen molar-refractivity contribution in [3.05, 3.63) is 35.0 Å². The Kier molecular flexibility index (Phi) is 4.70. The minimum atomic E-state index is 0.356. The third-order valence-corrected chi connectivity index (χ3v) is 2.59. The van der Waals surface area contributed by atoms with Crippen molar-refractivity contribution in [1.29, 1.82) is 0 Å². The lowest BCUT2D eigenvalue weighted by atomic mass is 10.4. The number of aryl methyl sites for hydroxylation is 1. The van der Waals surface area contributed by atoms with Crippen molar-refractivity contribution in [1.82, 2.24) is 19.7 Å². The summed E-state index contributed by atoms with van der Waals surface area (Å²) in [6.45, 7) is 3.48. The van der Waals surface area contributed by atoms with Gasteiger partial charge in [-0.25, -0.2) is 9.97 Å². The minimum absolute atomic E-state index is 0.356. The third-order valence-electron chi connectivity index (χ3n) is 2.40. The molecule has 0 aliphatic heterocycles. The van der Waals surface area contributed by atoms with E-state index in [1.165, 1.54) is 0 Å². The van der Waals surface area contributed by atoms with Crippen LogP contribution in [0.4, 0.5) is 5.82 Å². The van der Waals surface area contributed by atoms with Crippen molar-refractivity contribution in [3.63, 3.8) is 0 Å². The standard InChI is InChI=1S/C12H16ClN5O/c1-3-19-8-12-15-10(13)6-11(16-12)14-7-9-4-5-18(2)17-9/h4-6H,3,7-8H2,1-2H3,(H,14,15,16). The van der Waals surface area contributed by atoms with Gasteiger partial charge >= 0.3 is 0 Å². The van der Waals surface area contributed by atoms with Gasteiger partial charge in [0.25, 0.3) is 0 Å². The van der Waals surface area contributed by atoms with Crippen LogP contribution in [0.3, 0.4) is 0 Å². The SMILES string of the molecule is CCOCc1nc(Cl)cc(NCc2ccn(C)n2)n1. The highest BCUT2D eigenvalue weighted by Gasteiger charge is 2.04. The molecule has 19 heavy (non-hydrogen) atoms. The molecular weight excluding hydrogens is 266 g/mol. The van der Waals surface area contributed by atoms with Gasteiger partial charge in [-0.2, -0.15) is 5.10 Å². The van der Waals surface area contributed by atoms with Gasteiger partial charge in [0.2, 0.25) is 0 Å². The molecule has 0 fully saturated rings. The van der Waals surface area contributed by atoms with Gasteiger partial charge in [-0.1, -0.05) is 11.6 Å². The maximum absolute atomic E-state index is 5.95. The van der Waals surface area contributed by atoms with Gasteiger partial charge in [0.05, 0.1) is 12.2 Å². The van der Waals surface area contributed by atoms with Crippen molar-refractivity contribution >= 4 is 17.4 Å². The normalized spacial score (nSPS) is 10.7. The molecule has 0 spiro atoms. The van der Waals surface area contributed by atoms with Crippen LogP contribution in [0.15, 0.2) is 18.3 Å². The van der Waals surface area contributed by atoms with Crippen molar-refractivity contribution in [3.8, 4) is 0 Å². The molecule has 0 saturated heterocycles. The largest absolute Gasteiger partial charge is 0.374 e. The molecule has 2 heterocycles. The first-order chi connectivity index (χ1) is 9.17. The van der Waals surface area contributed by atoms with Crippen LogP contribution in [0, 0.1) is 0 Å². The molecule has 0 saturated carbocycles. The Morgan fingerprint density at radius 1 is 1.42 bits per heavy atom. The van der Waals surface area contributed by atoms with E-state index in [0.717, 1.165) is 5.69 Å². The Morgan fingerprint density at radius 2 is 2.26 bits per heavy atom. The van der Waals surface area contributed by atoms with E-state index in [2.05, 4.69) is 20.4 Å². The molecule has 7 heteroatoms. The van der Waals surface area contributed by atoms with Crippen LogP contribution in [0.1, 0.15) is 18.4 Å². The van der Waals surface area contributed by atoms with E-state index in [1.54, 1.807) is 10.7 Å². The molecule has 2 aromatic heterocycles. The molecule has 0 unspecified atom stereocenters. The van der Waals surface area contributed by atoms with Crippen LogP contribution < -0.4 is 5.32 Å². The molecule has 1 N–H and O–H groups in total. The summed E-state index contributed by atoms with van der Waals surface area (Å²) >= 11 is 5.95. The minimum Gasteiger partial charge on any atom is -0.374 e. The summed E-state index contributed by atoms with van der Waals surface area (Å²) in [6.07, 6.45) is 1.89. The first kappa shape index (κ1) is 13.8. The molecule has 0 atom stereocenters. The highest BCUT2D eigenvalue weighted by Crippen LogP contribution is 2.13. The summed E-state index contributed by atoms with van der Waals surface area (Å²) in [5.41, 5.74) is 0.934. The lowest BCUT2D eigenvalue weighted by molar-refractivity contribution is 0.128. The Labute approximate surface area is 116 Å². The van der Waals surface area contributed by atoms with Crippen LogP contribution in [-0.4, -0.2) is 26.4 Å². The molecule has 0 aliphatic rings. The monoisotopic (exact) mass is 281 g/mol.